The Morgan fingerprint density at radius 3 is 3.00 bits per heavy atom. The number of rotatable bonds is 6. The third-order valence-corrected chi connectivity index (χ3v) is 4.22. The minimum atomic E-state index is -0.719. The Morgan fingerprint density at radius 1 is 1.46 bits per heavy atom. The summed E-state index contributed by atoms with van der Waals surface area (Å²) in [5.41, 5.74) is 2.49. The van der Waals surface area contributed by atoms with Crippen LogP contribution in [-0.4, -0.2) is 33.6 Å². The minimum absolute atomic E-state index is 0.0232. The van der Waals surface area contributed by atoms with Crippen molar-refractivity contribution in [3.8, 4) is 0 Å². The van der Waals surface area contributed by atoms with E-state index in [0.29, 0.717) is 10.7 Å². The number of anilines is 2. The molecule has 0 unspecified atom stereocenters. The van der Waals surface area contributed by atoms with E-state index in [4.69, 9.17) is 21.5 Å². The number of aliphatic hydroxyl groups excluding tert-OH is 1. The van der Waals surface area contributed by atoms with E-state index < -0.39 is 11.7 Å². The molecule has 1 amide bonds. The van der Waals surface area contributed by atoms with Gasteiger partial charge in [0.2, 0.25) is 0 Å². The highest BCUT2D eigenvalue weighted by atomic mass is 79.9. The molecule has 2 aromatic heterocycles. The number of nitrogens with zero attached hydrogens (tertiary/aromatic N) is 2. The van der Waals surface area contributed by atoms with Crippen molar-refractivity contribution in [3.05, 3.63) is 57.7 Å². The Balaban J connectivity index is 2.04. The molecule has 0 bridgehead atoms. The molecule has 3 N–H and O–H groups in total. The lowest BCUT2D eigenvalue weighted by atomic mass is 10.2. The fourth-order valence-electron chi connectivity index (χ4n) is 2.26. The number of aromatic nitrogens is 2. The molecule has 3 rings (SSSR count). The van der Waals surface area contributed by atoms with E-state index >= 15 is 0 Å². The fourth-order valence-corrected chi connectivity index (χ4v) is 2.98. The molecular formula is C16H13BrClFN4O3. The first kappa shape index (κ1) is 18.6. The van der Waals surface area contributed by atoms with E-state index in [1.165, 1.54) is 23.0 Å². The number of amides is 1. The highest BCUT2D eigenvalue weighted by Crippen LogP contribution is 2.32. The minimum Gasteiger partial charge on any atom is -0.394 e. The van der Waals surface area contributed by atoms with Crippen LogP contribution in [0, 0.1) is 5.82 Å². The predicted molar refractivity (Wildman–Crippen MR) is 98.1 cm³/mol. The zero-order valence-electron chi connectivity index (χ0n) is 13.2. The van der Waals surface area contributed by atoms with Crippen molar-refractivity contribution in [3.63, 3.8) is 0 Å². The topological polar surface area (TPSA) is 87.9 Å². The molecule has 1 aromatic carbocycles. The van der Waals surface area contributed by atoms with Gasteiger partial charge in [-0.2, -0.15) is 0 Å². The summed E-state index contributed by atoms with van der Waals surface area (Å²) in [7, 11) is 0. The number of nitrogens with one attached hydrogen (secondary N) is 2. The predicted octanol–water partition coefficient (Wildman–Crippen LogP) is 3.29. The average molecular weight is 444 g/mol. The number of hydrogen-bond acceptors (Lipinski definition) is 5. The van der Waals surface area contributed by atoms with Gasteiger partial charge < -0.3 is 14.8 Å². The van der Waals surface area contributed by atoms with Gasteiger partial charge in [-0.15, -0.1) is 0 Å². The summed E-state index contributed by atoms with van der Waals surface area (Å²) in [5, 5.41) is 11.9. The van der Waals surface area contributed by atoms with Crippen molar-refractivity contribution >= 4 is 50.5 Å². The molecule has 0 saturated heterocycles. The fraction of sp³-hybridized carbons (Fsp3) is 0.125. The normalized spacial score (nSPS) is 10.9. The van der Waals surface area contributed by atoms with Crippen LogP contribution in [0.5, 0.6) is 0 Å². The highest BCUT2D eigenvalue weighted by Gasteiger charge is 2.21. The van der Waals surface area contributed by atoms with Gasteiger partial charge in [0.1, 0.15) is 0 Å². The first-order chi connectivity index (χ1) is 12.5. The van der Waals surface area contributed by atoms with E-state index in [0.717, 1.165) is 4.47 Å². The van der Waals surface area contributed by atoms with Gasteiger partial charge in [0, 0.05) is 23.1 Å². The third-order valence-electron chi connectivity index (χ3n) is 3.42. The maximum absolute atomic E-state index is 14.9. The monoisotopic (exact) mass is 442 g/mol. The van der Waals surface area contributed by atoms with Crippen LogP contribution in [0.25, 0.3) is 5.65 Å². The molecule has 136 valence electrons. The zero-order chi connectivity index (χ0) is 18.7. The molecule has 0 atom stereocenters. The number of carbonyl (C=O) groups excluding carboxylic acids is 1. The van der Waals surface area contributed by atoms with Crippen LogP contribution in [0.1, 0.15) is 10.4 Å². The summed E-state index contributed by atoms with van der Waals surface area (Å²) in [4.78, 5) is 21.2. The van der Waals surface area contributed by atoms with Gasteiger partial charge in [0.25, 0.3) is 5.91 Å². The molecule has 0 fully saturated rings. The average Bonchev–Trinajstić information content (AvgIpc) is 3.08. The smallest absolute Gasteiger partial charge is 0.278 e. The maximum atomic E-state index is 14.9. The first-order valence-corrected chi connectivity index (χ1v) is 8.58. The molecule has 0 saturated carbocycles. The number of aliphatic hydroxyl groups is 1. The molecular weight excluding hydrogens is 431 g/mol. The van der Waals surface area contributed by atoms with Crippen LogP contribution in [-0.2, 0) is 4.84 Å². The molecule has 0 radical (unpaired) electrons. The van der Waals surface area contributed by atoms with Crippen molar-refractivity contribution in [1.82, 2.24) is 14.9 Å². The Morgan fingerprint density at radius 2 is 2.27 bits per heavy atom. The van der Waals surface area contributed by atoms with Gasteiger partial charge in [0.15, 0.2) is 11.5 Å². The summed E-state index contributed by atoms with van der Waals surface area (Å²) in [6.07, 6.45) is 4.34. The summed E-state index contributed by atoms with van der Waals surface area (Å²) < 4.78 is 17.1. The quantitative estimate of drug-likeness (QED) is 0.402. The molecule has 3 aromatic rings. The second-order valence-electron chi connectivity index (χ2n) is 5.14. The van der Waals surface area contributed by atoms with Gasteiger partial charge in [-0.3, -0.25) is 9.63 Å². The largest absolute Gasteiger partial charge is 0.394 e. The summed E-state index contributed by atoms with van der Waals surface area (Å²) in [5.74, 6) is -1.41. The lowest BCUT2D eigenvalue weighted by Gasteiger charge is -2.15. The van der Waals surface area contributed by atoms with Gasteiger partial charge in [-0.1, -0.05) is 27.5 Å². The number of pyridine rings is 1. The Hall–Kier alpha value is -2.20. The van der Waals surface area contributed by atoms with E-state index in [1.807, 2.05) is 0 Å². The second kappa shape index (κ2) is 8.00. The number of benzene rings is 1. The van der Waals surface area contributed by atoms with Crippen LogP contribution < -0.4 is 10.8 Å². The van der Waals surface area contributed by atoms with Gasteiger partial charge in [-0.25, -0.2) is 14.9 Å². The maximum Gasteiger partial charge on any atom is 0.278 e. The van der Waals surface area contributed by atoms with Crippen LogP contribution in [0.4, 0.5) is 15.8 Å². The van der Waals surface area contributed by atoms with Gasteiger partial charge in [0.05, 0.1) is 35.2 Å². The standard InChI is InChI=1S/C16H13BrClFN4O3/c17-9-1-2-12(11(18)7-9)21-14-10(16(25)22-26-6-5-24)8-23-4-3-20-15(23)13(14)19/h1-4,7-8,21,24H,5-6H2,(H,22,25). The number of hydrogen-bond donors (Lipinski definition) is 3. The first-order valence-electron chi connectivity index (χ1n) is 7.41. The Kier molecular flexibility index (Phi) is 5.72. The van der Waals surface area contributed by atoms with Gasteiger partial charge >= 0.3 is 0 Å². The van der Waals surface area contributed by atoms with E-state index in [2.05, 4.69) is 31.7 Å². The van der Waals surface area contributed by atoms with Crippen molar-refractivity contribution in [2.75, 3.05) is 18.5 Å². The number of halogens is 3. The van der Waals surface area contributed by atoms with Crippen LogP contribution in [0.3, 0.4) is 0 Å². The van der Waals surface area contributed by atoms with E-state index in [1.54, 1.807) is 18.2 Å². The number of imidazole rings is 1. The molecule has 7 nitrogen and oxygen atoms in total. The molecule has 0 aliphatic heterocycles. The van der Waals surface area contributed by atoms with Crippen molar-refractivity contribution in [1.29, 1.82) is 0 Å². The van der Waals surface area contributed by atoms with Crippen molar-refractivity contribution in [2.45, 2.75) is 0 Å². The number of hydroxylamine groups is 1. The highest BCUT2D eigenvalue weighted by molar-refractivity contribution is 9.10. The SMILES string of the molecule is O=C(NOCCO)c1cn2ccnc2c(F)c1Nc1ccc(Br)cc1Cl. The second-order valence-corrected chi connectivity index (χ2v) is 6.47. The van der Waals surface area contributed by atoms with Crippen LogP contribution in [0.15, 0.2) is 41.3 Å². The summed E-state index contributed by atoms with van der Waals surface area (Å²) >= 11 is 9.47. The zero-order valence-corrected chi connectivity index (χ0v) is 15.5. The Labute approximate surface area is 160 Å². The van der Waals surface area contributed by atoms with Crippen LogP contribution >= 0.6 is 27.5 Å². The molecule has 10 heteroatoms. The van der Waals surface area contributed by atoms with Crippen molar-refractivity contribution < 1.29 is 19.1 Å². The lowest BCUT2D eigenvalue weighted by molar-refractivity contribution is 0.0168. The summed E-state index contributed by atoms with van der Waals surface area (Å²) in [6, 6.07) is 5.01. The number of fused-ring (bicyclic) bond motifs is 1. The molecule has 2 heterocycles. The van der Waals surface area contributed by atoms with E-state index in [9.17, 15) is 9.18 Å². The third kappa shape index (κ3) is 3.80. The van der Waals surface area contributed by atoms with Crippen LogP contribution in [0.2, 0.25) is 5.02 Å². The molecule has 0 spiro atoms. The van der Waals surface area contributed by atoms with Gasteiger partial charge in [-0.05, 0) is 18.2 Å². The molecule has 26 heavy (non-hydrogen) atoms. The number of carbonyl (C=O) groups is 1. The molecule has 0 aliphatic rings. The lowest BCUT2D eigenvalue weighted by Crippen LogP contribution is -2.26. The van der Waals surface area contributed by atoms with E-state index in [-0.39, 0.29) is 30.1 Å². The summed E-state index contributed by atoms with van der Waals surface area (Å²) in [6.45, 7) is -0.363. The Bertz CT molecular complexity index is 966. The van der Waals surface area contributed by atoms with Crippen molar-refractivity contribution in [2.24, 2.45) is 0 Å². The molecule has 0 aliphatic carbocycles.